The number of unbranched alkanes of at least 4 members (excludes halogenated alkanes) is 4. The number of hydrogen-bond donors (Lipinski definition) is 4. The lowest BCUT2D eigenvalue weighted by molar-refractivity contribution is -0.152. The Labute approximate surface area is 363 Å². The molecule has 4 saturated carbocycles. The van der Waals surface area contributed by atoms with Crippen molar-refractivity contribution in [2.24, 2.45) is 46.7 Å². The van der Waals surface area contributed by atoms with Crippen molar-refractivity contribution < 1.29 is 53.6 Å². The Hall–Kier alpha value is -3.85. The van der Waals surface area contributed by atoms with Gasteiger partial charge in [-0.1, -0.05) is 24.3 Å². The van der Waals surface area contributed by atoms with E-state index < -0.39 is 52.8 Å². The number of esters is 2. The number of rotatable bonds is 22. The summed E-state index contributed by atoms with van der Waals surface area (Å²) >= 11 is 0. The second-order valence-corrected chi connectivity index (χ2v) is 16.5. The summed E-state index contributed by atoms with van der Waals surface area (Å²) in [7, 11) is 3.44. The van der Waals surface area contributed by atoms with E-state index in [1.165, 1.54) is 0 Å². The third kappa shape index (κ3) is 15.0. The number of carboxylic acids is 1. The lowest BCUT2D eigenvalue weighted by atomic mass is 9.84. The van der Waals surface area contributed by atoms with Gasteiger partial charge in [-0.25, -0.2) is 0 Å². The van der Waals surface area contributed by atoms with E-state index in [-0.39, 0.29) is 86.1 Å². The van der Waals surface area contributed by atoms with Gasteiger partial charge in [-0.05, 0) is 96.8 Å². The summed E-state index contributed by atoms with van der Waals surface area (Å²) in [5.41, 5.74) is 4.09. The number of halogens is 1. The van der Waals surface area contributed by atoms with Crippen LogP contribution in [0.4, 0.5) is 0 Å². The van der Waals surface area contributed by atoms with Crippen molar-refractivity contribution in [1.82, 2.24) is 9.80 Å². The predicted molar refractivity (Wildman–Crippen MR) is 232 cm³/mol. The van der Waals surface area contributed by atoms with Crippen molar-refractivity contribution in [3.05, 3.63) is 50.6 Å². The zero-order valence-corrected chi connectivity index (χ0v) is 37.1. The molecule has 0 spiro atoms. The van der Waals surface area contributed by atoms with Crippen LogP contribution in [-0.2, 0) is 38.2 Å². The topological polar surface area (TPSA) is 214 Å². The van der Waals surface area contributed by atoms with Crippen LogP contribution in [0.15, 0.2) is 50.6 Å². The molecule has 15 heteroatoms. The minimum Gasteiger partial charge on any atom is -0.481 e. The fourth-order valence-corrected chi connectivity index (χ4v) is 8.23. The first-order chi connectivity index (χ1) is 27.9. The zero-order valence-electron chi connectivity index (χ0n) is 36.3. The van der Waals surface area contributed by atoms with Gasteiger partial charge in [0, 0.05) is 45.4 Å². The van der Waals surface area contributed by atoms with E-state index in [0.29, 0.717) is 39.0 Å². The minimum absolute atomic E-state index is 0. The Morgan fingerprint density at radius 2 is 1.12 bits per heavy atom. The van der Waals surface area contributed by atoms with Gasteiger partial charge in [-0.3, -0.25) is 28.8 Å². The van der Waals surface area contributed by atoms with Gasteiger partial charge in [-0.2, -0.15) is 0 Å². The molecule has 0 aromatic heterocycles. The van der Waals surface area contributed by atoms with Crippen LogP contribution in [0.5, 0.6) is 0 Å². The predicted octanol–water partition coefficient (Wildman–Crippen LogP) is 5.05. The highest BCUT2D eigenvalue weighted by Gasteiger charge is 2.61. The minimum atomic E-state index is -0.991. The SMILES string of the molecule is C=CC1C[C@]1(N)C(=O)OCC.C=CCCCCN(C)C(=O)[C@@H]1C[C@@H](O)C[C@H]1C(=O)C[C@]1(C(=O)OCC)CC1C=C.C=CCCCCN(C)C(=O)[C@@H]1C[C@@H](O)C[C@H]1C(=O)O.Cl. The number of nitrogens with zero attached hydrogens (tertiary/aromatic N) is 2. The molecular weight excluding hydrogens is 794 g/mol. The van der Waals surface area contributed by atoms with Crippen molar-refractivity contribution >= 4 is 47.9 Å². The van der Waals surface area contributed by atoms with Gasteiger partial charge in [0.2, 0.25) is 11.8 Å². The number of hydrogen-bond acceptors (Lipinski definition) is 11. The van der Waals surface area contributed by atoms with Gasteiger partial charge in [0.05, 0.1) is 48.6 Å². The molecule has 0 aliphatic heterocycles. The monoisotopic (exact) mass is 865 g/mol. The van der Waals surface area contributed by atoms with Crippen LogP contribution >= 0.6 is 12.4 Å². The average Bonchev–Trinajstić information content (AvgIpc) is 3.98. The first kappa shape index (κ1) is 54.2. The molecule has 0 aromatic carbocycles. The number of Topliss-reactive ketones (excluding diaryl/α,β-unsaturated/α-hetero) is 1. The highest BCUT2D eigenvalue weighted by Crippen LogP contribution is 2.58. The summed E-state index contributed by atoms with van der Waals surface area (Å²) < 4.78 is 9.98. The van der Waals surface area contributed by atoms with E-state index in [1.807, 2.05) is 12.2 Å². The molecule has 0 saturated heterocycles. The summed E-state index contributed by atoms with van der Waals surface area (Å²) in [5, 5.41) is 28.8. The first-order valence-electron chi connectivity index (χ1n) is 21.1. The van der Waals surface area contributed by atoms with Crippen molar-refractivity contribution in [2.75, 3.05) is 40.4 Å². The summed E-state index contributed by atoms with van der Waals surface area (Å²) in [5.74, 6) is -4.42. The third-order valence-electron chi connectivity index (χ3n) is 12.1. The van der Waals surface area contributed by atoms with E-state index in [9.17, 15) is 39.0 Å². The van der Waals surface area contributed by atoms with E-state index in [0.717, 1.165) is 38.5 Å². The normalized spacial score (nSPS) is 29.3. The molecule has 4 aliphatic carbocycles. The van der Waals surface area contributed by atoms with Gasteiger partial charge in [0.1, 0.15) is 11.3 Å². The lowest BCUT2D eigenvalue weighted by Gasteiger charge is -2.25. The summed E-state index contributed by atoms with van der Waals surface area (Å²) in [6, 6.07) is 0. The maximum Gasteiger partial charge on any atom is 0.326 e. The number of ether oxygens (including phenoxy) is 2. The Bertz CT molecular complexity index is 1510. The van der Waals surface area contributed by atoms with E-state index in [2.05, 4.69) is 26.3 Å². The number of allylic oxidation sites excluding steroid dienone is 3. The Balaban J connectivity index is 0.000000497. The molecule has 0 aromatic rings. The molecule has 0 heterocycles. The molecule has 2 amide bonds. The fraction of sp³-hybridized carbons (Fsp3) is 0.689. The number of amides is 2. The van der Waals surface area contributed by atoms with Crippen molar-refractivity contribution in [1.29, 1.82) is 0 Å². The van der Waals surface area contributed by atoms with Gasteiger partial charge < -0.3 is 40.3 Å². The molecule has 340 valence electrons. The number of ketones is 1. The molecule has 4 rings (SSSR count). The zero-order chi connectivity index (χ0) is 44.5. The van der Waals surface area contributed by atoms with Gasteiger partial charge >= 0.3 is 17.9 Å². The van der Waals surface area contributed by atoms with Crippen molar-refractivity contribution in [3.63, 3.8) is 0 Å². The largest absolute Gasteiger partial charge is 0.481 e. The highest BCUT2D eigenvalue weighted by atomic mass is 35.5. The third-order valence-corrected chi connectivity index (χ3v) is 12.1. The average molecular weight is 867 g/mol. The van der Waals surface area contributed by atoms with Gasteiger partial charge in [0.15, 0.2) is 0 Å². The number of aliphatic carboxylic acids is 1. The first-order valence-corrected chi connectivity index (χ1v) is 21.1. The molecule has 5 N–H and O–H groups in total. The number of carbonyl (C=O) groups excluding carboxylic acids is 5. The number of nitrogens with two attached hydrogens (primary N) is 1. The molecule has 0 bridgehead atoms. The van der Waals surface area contributed by atoms with Crippen LogP contribution < -0.4 is 5.73 Å². The van der Waals surface area contributed by atoms with Crippen LogP contribution in [0.3, 0.4) is 0 Å². The van der Waals surface area contributed by atoms with Crippen LogP contribution in [-0.4, -0.2) is 119 Å². The Morgan fingerprint density at radius 3 is 1.52 bits per heavy atom. The van der Waals surface area contributed by atoms with Crippen molar-refractivity contribution in [3.8, 4) is 0 Å². The molecule has 2 unspecified atom stereocenters. The second-order valence-electron chi connectivity index (χ2n) is 16.5. The van der Waals surface area contributed by atoms with Gasteiger partial charge in [-0.15, -0.1) is 38.7 Å². The lowest BCUT2D eigenvalue weighted by Crippen LogP contribution is -2.38. The molecule has 0 radical (unpaired) electrons. The number of carbonyl (C=O) groups is 6. The number of aliphatic hydroxyl groups excluding tert-OH is 2. The molecule has 4 fully saturated rings. The number of carboxylic acid groups (broad SMARTS) is 1. The maximum atomic E-state index is 13.1. The maximum absolute atomic E-state index is 13.1. The standard InChI is InChI=1S/C23H35NO5.C14H23NO4.C8H13NO2.ClH/c1-5-8-9-10-11-24(4)21(27)19-13-17(25)12-18(19)20(26)15-23(14-16(23)6-2)22(28)29-7-3;1-3-4-5-6-7-15(2)13(17)11-8-10(16)9-12(11)14(18)19;1-3-6-5-8(6,9)7(10)11-4-2;/h5-6,16-19,25H,1-2,7-15H2,3-4H3;3,10-12,16H,1,4-9H2,2H3,(H,18,19);3,6H,1,4-5,9H2,2H3;1H/t16?,17-,18+,19+,23+;10-,11-,12-;6?,8-;/m011./s1. The molecule has 60 heavy (non-hydrogen) atoms. The molecule has 14 nitrogen and oxygen atoms in total. The smallest absolute Gasteiger partial charge is 0.326 e. The summed E-state index contributed by atoms with van der Waals surface area (Å²) in [4.78, 5) is 76.2. The van der Waals surface area contributed by atoms with Crippen LogP contribution in [0.25, 0.3) is 0 Å². The fourth-order valence-electron chi connectivity index (χ4n) is 8.23. The van der Waals surface area contributed by atoms with E-state index >= 15 is 0 Å². The Morgan fingerprint density at radius 1 is 0.683 bits per heavy atom. The van der Waals surface area contributed by atoms with Crippen LogP contribution in [0.2, 0.25) is 0 Å². The quantitative estimate of drug-likeness (QED) is 0.0640. The second kappa shape index (κ2) is 25.8. The van der Waals surface area contributed by atoms with Crippen LogP contribution in [0.1, 0.15) is 97.3 Å². The van der Waals surface area contributed by atoms with Crippen molar-refractivity contribution in [2.45, 2.75) is 115 Å². The molecule has 10 atom stereocenters. The molecule has 4 aliphatic rings. The highest BCUT2D eigenvalue weighted by molar-refractivity contribution is 5.94. The molecular formula is C45H72ClN3O11. The number of aliphatic hydroxyl groups is 2. The Kier molecular flexibility index (Phi) is 23.3. The summed E-state index contributed by atoms with van der Waals surface area (Å²) in [6.45, 7) is 20.1. The van der Waals surface area contributed by atoms with Crippen LogP contribution in [0, 0.1) is 40.9 Å². The van der Waals surface area contributed by atoms with E-state index in [1.54, 1.807) is 49.9 Å². The van der Waals surface area contributed by atoms with E-state index in [4.69, 9.17) is 20.3 Å². The van der Waals surface area contributed by atoms with Gasteiger partial charge in [0.25, 0.3) is 0 Å². The summed E-state index contributed by atoms with van der Waals surface area (Å²) in [6.07, 6.45) is 13.5.